The Hall–Kier alpha value is -3.55. The van der Waals surface area contributed by atoms with Crippen molar-refractivity contribution < 1.29 is 0 Å². The second-order valence-corrected chi connectivity index (χ2v) is 5.48. The maximum atomic E-state index is 4.58. The van der Waals surface area contributed by atoms with E-state index < -0.39 is 0 Å². The summed E-state index contributed by atoms with van der Waals surface area (Å²) in [7, 11) is 1.82. The largest absolute Gasteiger partial charge is 0.373 e. The summed E-state index contributed by atoms with van der Waals surface area (Å²) in [4.78, 5) is 8.31. The Morgan fingerprint density at radius 3 is 2.52 bits per heavy atom. The van der Waals surface area contributed by atoms with Gasteiger partial charge in [0.25, 0.3) is 0 Å². The van der Waals surface area contributed by atoms with Crippen molar-refractivity contribution >= 4 is 23.0 Å². The Morgan fingerprint density at radius 2 is 1.72 bits per heavy atom. The highest BCUT2D eigenvalue weighted by Crippen LogP contribution is 2.22. The fraction of sp³-hybridized carbons (Fsp3) is 0.118. The molecule has 0 aliphatic heterocycles. The predicted octanol–water partition coefficient (Wildman–Crippen LogP) is 2.68. The molecule has 3 heterocycles. The molecule has 0 spiro atoms. The number of fused-ring (bicyclic) bond motifs is 1. The molecule has 4 rings (SSSR count). The van der Waals surface area contributed by atoms with Crippen LogP contribution in [0.25, 0.3) is 16.9 Å². The summed E-state index contributed by atoms with van der Waals surface area (Å²) in [5.41, 5.74) is 3.55. The molecule has 0 aliphatic carbocycles. The average Bonchev–Trinajstić information content (AvgIpc) is 3.03. The lowest BCUT2D eigenvalue weighted by molar-refractivity contribution is 0.880. The van der Waals surface area contributed by atoms with Crippen LogP contribution in [0.3, 0.4) is 0 Å². The SMILES string of the molecule is CNc1cc(Nc2ccc(-c3ccc4nnc(C)n4n3)cc2)ncn1. The number of nitrogens with zero attached hydrogens (tertiary/aromatic N) is 6. The van der Waals surface area contributed by atoms with Crippen LogP contribution in [0.15, 0.2) is 48.8 Å². The standard InChI is InChI=1S/C17H16N8/c1-11-22-23-17-8-7-14(24-25(11)17)12-3-5-13(6-4-12)21-16-9-15(18-2)19-10-20-16/h3-10H,1-2H3,(H2,18,19,20,21). The van der Waals surface area contributed by atoms with Crippen LogP contribution in [0.5, 0.6) is 0 Å². The summed E-state index contributed by atoms with van der Waals surface area (Å²) in [6.07, 6.45) is 1.52. The first-order chi connectivity index (χ1) is 12.2. The Labute approximate surface area is 144 Å². The lowest BCUT2D eigenvalue weighted by atomic mass is 10.1. The van der Waals surface area contributed by atoms with Gasteiger partial charge < -0.3 is 10.6 Å². The van der Waals surface area contributed by atoms with Crippen molar-refractivity contribution in [3.63, 3.8) is 0 Å². The molecule has 8 nitrogen and oxygen atoms in total. The van der Waals surface area contributed by atoms with Crippen molar-refractivity contribution in [2.45, 2.75) is 6.92 Å². The molecule has 0 fully saturated rings. The van der Waals surface area contributed by atoms with Gasteiger partial charge >= 0.3 is 0 Å². The lowest BCUT2D eigenvalue weighted by Gasteiger charge is -2.08. The summed E-state index contributed by atoms with van der Waals surface area (Å²) in [5, 5.41) is 18.9. The van der Waals surface area contributed by atoms with E-state index in [1.807, 2.05) is 56.4 Å². The van der Waals surface area contributed by atoms with Gasteiger partial charge in [0.2, 0.25) is 0 Å². The summed E-state index contributed by atoms with van der Waals surface area (Å²) < 4.78 is 1.74. The van der Waals surface area contributed by atoms with E-state index >= 15 is 0 Å². The molecule has 3 aromatic heterocycles. The Balaban J connectivity index is 1.59. The highest BCUT2D eigenvalue weighted by atomic mass is 15.4. The zero-order valence-corrected chi connectivity index (χ0v) is 13.8. The first-order valence-corrected chi connectivity index (χ1v) is 7.79. The highest BCUT2D eigenvalue weighted by Gasteiger charge is 2.06. The highest BCUT2D eigenvalue weighted by molar-refractivity contribution is 5.66. The summed E-state index contributed by atoms with van der Waals surface area (Å²) >= 11 is 0. The van der Waals surface area contributed by atoms with Crippen LogP contribution in [0.1, 0.15) is 5.82 Å². The minimum Gasteiger partial charge on any atom is -0.373 e. The van der Waals surface area contributed by atoms with Crippen molar-refractivity contribution in [1.82, 2.24) is 29.8 Å². The van der Waals surface area contributed by atoms with Crippen LogP contribution in [0.2, 0.25) is 0 Å². The van der Waals surface area contributed by atoms with Crippen LogP contribution in [0.4, 0.5) is 17.3 Å². The van der Waals surface area contributed by atoms with E-state index in [1.165, 1.54) is 6.33 Å². The Kier molecular flexibility index (Phi) is 3.70. The quantitative estimate of drug-likeness (QED) is 0.593. The van der Waals surface area contributed by atoms with Crippen LogP contribution in [-0.2, 0) is 0 Å². The third-order valence-electron chi connectivity index (χ3n) is 3.80. The van der Waals surface area contributed by atoms with E-state index in [-0.39, 0.29) is 0 Å². The number of benzene rings is 1. The van der Waals surface area contributed by atoms with Crippen LogP contribution >= 0.6 is 0 Å². The van der Waals surface area contributed by atoms with Gasteiger partial charge in [-0.2, -0.15) is 9.61 Å². The van der Waals surface area contributed by atoms with E-state index in [0.29, 0.717) is 0 Å². The lowest BCUT2D eigenvalue weighted by Crippen LogP contribution is -1.98. The molecule has 0 unspecified atom stereocenters. The minimum atomic E-state index is 0.728. The molecule has 0 saturated carbocycles. The minimum absolute atomic E-state index is 0.728. The van der Waals surface area contributed by atoms with Crippen LogP contribution in [-0.4, -0.2) is 36.8 Å². The van der Waals surface area contributed by atoms with Gasteiger partial charge in [-0.3, -0.25) is 0 Å². The molecule has 8 heteroatoms. The van der Waals surface area contributed by atoms with Gasteiger partial charge in [-0.05, 0) is 31.2 Å². The number of aromatic nitrogens is 6. The second-order valence-electron chi connectivity index (χ2n) is 5.48. The molecule has 0 bridgehead atoms. The number of hydrogen-bond acceptors (Lipinski definition) is 7. The molecule has 2 N–H and O–H groups in total. The zero-order chi connectivity index (χ0) is 17.2. The van der Waals surface area contributed by atoms with Crippen molar-refractivity contribution in [3.8, 4) is 11.3 Å². The number of rotatable bonds is 4. The third-order valence-corrected chi connectivity index (χ3v) is 3.80. The maximum Gasteiger partial charge on any atom is 0.177 e. The average molecular weight is 332 g/mol. The Bertz CT molecular complexity index is 1020. The summed E-state index contributed by atoms with van der Waals surface area (Å²) in [6.45, 7) is 1.88. The van der Waals surface area contributed by atoms with E-state index in [2.05, 4.69) is 35.9 Å². The van der Waals surface area contributed by atoms with Gasteiger partial charge in [-0.1, -0.05) is 12.1 Å². The van der Waals surface area contributed by atoms with E-state index in [4.69, 9.17) is 0 Å². The molecule has 0 saturated heterocycles. The smallest absolute Gasteiger partial charge is 0.177 e. The molecule has 25 heavy (non-hydrogen) atoms. The fourth-order valence-corrected chi connectivity index (χ4v) is 2.48. The number of hydrogen-bond donors (Lipinski definition) is 2. The fourth-order valence-electron chi connectivity index (χ4n) is 2.48. The van der Waals surface area contributed by atoms with Crippen molar-refractivity contribution in [2.75, 3.05) is 17.7 Å². The van der Waals surface area contributed by atoms with E-state index in [0.717, 1.165) is 40.1 Å². The molecule has 4 aromatic rings. The molecular formula is C17H16N8. The second kappa shape index (κ2) is 6.16. The monoisotopic (exact) mass is 332 g/mol. The van der Waals surface area contributed by atoms with Gasteiger partial charge in [-0.25, -0.2) is 9.97 Å². The first-order valence-electron chi connectivity index (χ1n) is 7.79. The van der Waals surface area contributed by atoms with Crippen LogP contribution < -0.4 is 10.6 Å². The molecular weight excluding hydrogens is 316 g/mol. The number of aryl methyl sites for hydroxylation is 1. The van der Waals surface area contributed by atoms with Gasteiger partial charge in [0.1, 0.15) is 18.0 Å². The van der Waals surface area contributed by atoms with Gasteiger partial charge in [0, 0.05) is 24.4 Å². The van der Waals surface area contributed by atoms with Crippen molar-refractivity contribution in [2.24, 2.45) is 0 Å². The molecule has 0 radical (unpaired) electrons. The number of anilines is 3. The summed E-state index contributed by atoms with van der Waals surface area (Å²) in [5.74, 6) is 2.25. The molecule has 0 atom stereocenters. The van der Waals surface area contributed by atoms with Gasteiger partial charge in [0.15, 0.2) is 11.5 Å². The molecule has 1 aromatic carbocycles. The third kappa shape index (κ3) is 2.97. The van der Waals surface area contributed by atoms with E-state index in [1.54, 1.807) is 4.52 Å². The number of nitrogens with one attached hydrogen (secondary N) is 2. The van der Waals surface area contributed by atoms with E-state index in [9.17, 15) is 0 Å². The first kappa shape index (κ1) is 15.0. The molecule has 0 amide bonds. The van der Waals surface area contributed by atoms with Crippen LogP contribution in [0, 0.1) is 6.92 Å². The normalized spacial score (nSPS) is 10.8. The van der Waals surface area contributed by atoms with Gasteiger partial charge in [0.05, 0.1) is 5.69 Å². The van der Waals surface area contributed by atoms with Crippen molar-refractivity contribution in [1.29, 1.82) is 0 Å². The van der Waals surface area contributed by atoms with Gasteiger partial charge in [-0.15, -0.1) is 10.2 Å². The molecule has 124 valence electrons. The zero-order valence-electron chi connectivity index (χ0n) is 13.8. The van der Waals surface area contributed by atoms with Crippen molar-refractivity contribution in [3.05, 3.63) is 54.6 Å². The predicted molar refractivity (Wildman–Crippen MR) is 95.8 cm³/mol. The maximum absolute atomic E-state index is 4.58. The summed E-state index contributed by atoms with van der Waals surface area (Å²) in [6, 6.07) is 13.7. The molecule has 0 aliphatic rings. The Morgan fingerprint density at radius 1 is 0.920 bits per heavy atom. The topological polar surface area (TPSA) is 92.9 Å².